The van der Waals surface area contributed by atoms with Gasteiger partial charge in [-0.25, -0.2) is 0 Å². The third kappa shape index (κ3) is 6.14. The molecule has 0 heterocycles. The van der Waals surface area contributed by atoms with Crippen molar-refractivity contribution in [2.75, 3.05) is 25.6 Å². The van der Waals surface area contributed by atoms with E-state index in [1.54, 1.807) is 55.7 Å². The number of nitrogens with zero attached hydrogens (tertiary/aromatic N) is 1. The van der Waals surface area contributed by atoms with Crippen molar-refractivity contribution < 1.29 is 19.1 Å². The maximum absolute atomic E-state index is 11.8. The summed E-state index contributed by atoms with van der Waals surface area (Å²) in [4.78, 5) is 16.8. The molecule has 2 aromatic rings. The minimum atomic E-state index is -0.324. The van der Waals surface area contributed by atoms with Crippen LogP contribution in [0.5, 0.6) is 11.5 Å². The number of anilines is 1. The summed E-state index contributed by atoms with van der Waals surface area (Å²) in [5.74, 6) is 0.847. The van der Waals surface area contributed by atoms with Crippen molar-refractivity contribution >= 4 is 29.4 Å². The molecule has 0 aliphatic heterocycles. The molecule has 1 N–H and O–H groups in total. The lowest BCUT2D eigenvalue weighted by molar-refractivity contribution is -0.120. The van der Waals surface area contributed by atoms with Crippen molar-refractivity contribution in [3.05, 3.63) is 65.7 Å². The lowest BCUT2D eigenvalue weighted by Crippen LogP contribution is -2.16. The molecule has 0 spiro atoms. The van der Waals surface area contributed by atoms with Crippen LogP contribution < -0.4 is 14.8 Å². The van der Waals surface area contributed by atoms with Crippen LogP contribution in [0.15, 0.2) is 60.3 Å². The van der Waals surface area contributed by atoms with Gasteiger partial charge in [-0.15, -0.1) is 0 Å². The Kier molecular flexibility index (Phi) is 7.51. The van der Waals surface area contributed by atoms with Crippen LogP contribution in [-0.2, 0) is 9.63 Å². The smallest absolute Gasteiger partial charge is 0.265 e. The van der Waals surface area contributed by atoms with Crippen molar-refractivity contribution in [2.24, 2.45) is 5.16 Å². The molecule has 1 amide bonds. The van der Waals surface area contributed by atoms with Crippen LogP contribution in [0, 0.1) is 0 Å². The van der Waals surface area contributed by atoms with Gasteiger partial charge in [-0.05, 0) is 42.5 Å². The lowest BCUT2D eigenvalue weighted by atomic mass is 10.2. The van der Waals surface area contributed by atoms with Crippen LogP contribution >= 0.6 is 11.6 Å². The molecule has 6 nitrogen and oxygen atoms in total. The first-order chi connectivity index (χ1) is 12.6. The molecule has 0 fully saturated rings. The minimum absolute atomic E-state index is 0.212. The Morgan fingerprint density at radius 1 is 1.23 bits per heavy atom. The Hall–Kier alpha value is -2.99. The molecular formula is C19H19ClN2O4. The van der Waals surface area contributed by atoms with E-state index in [1.807, 2.05) is 0 Å². The molecule has 0 aliphatic carbocycles. The number of amides is 1. The van der Waals surface area contributed by atoms with Crippen LogP contribution in [0.25, 0.3) is 0 Å². The van der Waals surface area contributed by atoms with Gasteiger partial charge < -0.3 is 19.6 Å². The first-order valence-electron chi connectivity index (χ1n) is 7.75. The van der Waals surface area contributed by atoms with Gasteiger partial charge in [-0.1, -0.05) is 29.4 Å². The van der Waals surface area contributed by atoms with Crippen LogP contribution in [0.2, 0.25) is 5.02 Å². The molecule has 136 valence electrons. The van der Waals surface area contributed by atoms with Crippen molar-refractivity contribution in [2.45, 2.75) is 0 Å². The number of rotatable bonds is 9. The number of hydrogen-bond acceptors (Lipinski definition) is 5. The van der Waals surface area contributed by atoms with E-state index in [4.69, 9.17) is 25.9 Å². The maximum atomic E-state index is 11.8. The molecule has 0 aliphatic rings. The summed E-state index contributed by atoms with van der Waals surface area (Å²) in [6.07, 6.45) is 3.13. The van der Waals surface area contributed by atoms with Gasteiger partial charge in [0.2, 0.25) is 0 Å². The summed E-state index contributed by atoms with van der Waals surface area (Å²) >= 11 is 5.79. The molecule has 0 radical (unpaired) electrons. The third-order valence-corrected chi connectivity index (χ3v) is 3.40. The number of methoxy groups -OCH3 is 1. The number of oxime groups is 1. The largest absolute Gasteiger partial charge is 0.493 e. The van der Waals surface area contributed by atoms with E-state index in [0.717, 1.165) is 5.56 Å². The molecule has 7 heteroatoms. The predicted molar refractivity (Wildman–Crippen MR) is 102 cm³/mol. The van der Waals surface area contributed by atoms with E-state index in [2.05, 4.69) is 17.1 Å². The summed E-state index contributed by atoms with van der Waals surface area (Å²) in [5.41, 5.74) is 1.37. The highest BCUT2D eigenvalue weighted by molar-refractivity contribution is 6.30. The van der Waals surface area contributed by atoms with Gasteiger partial charge in [0.05, 0.1) is 13.3 Å². The quantitative estimate of drug-likeness (QED) is 0.410. The number of halogens is 1. The average molecular weight is 375 g/mol. The molecule has 2 aromatic carbocycles. The summed E-state index contributed by atoms with van der Waals surface area (Å²) in [6.45, 7) is 3.77. The second-order valence-corrected chi connectivity index (χ2v) is 5.51. The number of nitrogens with one attached hydrogen (secondary N) is 1. The first-order valence-corrected chi connectivity index (χ1v) is 8.12. The summed E-state index contributed by atoms with van der Waals surface area (Å²) < 4.78 is 10.7. The molecule has 0 aromatic heterocycles. The van der Waals surface area contributed by atoms with Gasteiger partial charge in [0, 0.05) is 16.3 Å². The number of benzene rings is 2. The van der Waals surface area contributed by atoms with E-state index in [9.17, 15) is 4.79 Å². The van der Waals surface area contributed by atoms with Gasteiger partial charge in [0.1, 0.15) is 6.61 Å². The Labute approximate surface area is 157 Å². The lowest BCUT2D eigenvalue weighted by Gasteiger charge is -2.09. The first kappa shape index (κ1) is 19.3. The normalized spacial score (nSPS) is 10.4. The Morgan fingerprint density at radius 2 is 2.00 bits per heavy atom. The fourth-order valence-corrected chi connectivity index (χ4v) is 2.08. The highest BCUT2D eigenvalue weighted by atomic mass is 35.5. The molecule has 0 atom stereocenters. The average Bonchev–Trinajstić information content (AvgIpc) is 2.65. The highest BCUT2D eigenvalue weighted by Crippen LogP contribution is 2.27. The van der Waals surface area contributed by atoms with Gasteiger partial charge in [0.15, 0.2) is 18.1 Å². The van der Waals surface area contributed by atoms with E-state index < -0.39 is 0 Å². The highest BCUT2D eigenvalue weighted by Gasteiger charge is 2.05. The van der Waals surface area contributed by atoms with Crippen molar-refractivity contribution in [3.8, 4) is 11.5 Å². The Morgan fingerprint density at radius 3 is 2.69 bits per heavy atom. The SMILES string of the molecule is C=CCOc1ccc(/C=N/OCC(=O)Nc2ccc(Cl)cc2)cc1OC. The Bertz CT molecular complexity index is 776. The van der Waals surface area contributed by atoms with Crippen LogP contribution in [0.4, 0.5) is 5.69 Å². The summed E-state index contributed by atoms with van der Waals surface area (Å²) in [5, 5.41) is 7.05. The zero-order valence-corrected chi connectivity index (χ0v) is 15.0. The molecule has 0 bridgehead atoms. The van der Waals surface area contributed by atoms with E-state index >= 15 is 0 Å². The second-order valence-electron chi connectivity index (χ2n) is 5.07. The molecule has 0 unspecified atom stereocenters. The van der Waals surface area contributed by atoms with Crippen LogP contribution in [0.1, 0.15) is 5.56 Å². The molecule has 0 saturated carbocycles. The zero-order chi connectivity index (χ0) is 18.8. The summed E-state index contributed by atoms with van der Waals surface area (Å²) in [6, 6.07) is 12.1. The van der Waals surface area contributed by atoms with Crippen molar-refractivity contribution in [1.82, 2.24) is 0 Å². The maximum Gasteiger partial charge on any atom is 0.265 e. The third-order valence-electron chi connectivity index (χ3n) is 3.14. The van der Waals surface area contributed by atoms with E-state index in [0.29, 0.717) is 28.8 Å². The van der Waals surface area contributed by atoms with Crippen molar-refractivity contribution in [3.63, 3.8) is 0 Å². The monoisotopic (exact) mass is 374 g/mol. The van der Waals surface area contributed by atoms with Crippen LogP contribution in [0.3, 0.4) is 0 Å². The topological polar surface area (TPSA) is 69.2 Å². The van der Waals surface area contributed by atoms with Crippen molar-refractivity contribution in [1.29, 1.82) is 0 Å². The fraction of sp³-hybridized carbons (Fsp3) is 0.158. The zero-order valence-electron chi connectivity index (χ0n) is 14.3. The second kappa shape index (κ2) is 10.1. The minimum Gasteiger partial charge on any atom is -0.493 e. The van der Waals surface area contributed by atoms with E-state index in [1.165, 1.54) is 6.21 Å². The molecule has 2 rings (SSSR count). The Balaban J connectivity index is 1.84. The van der Waals surface area contributed by atoms with Crippen LogP contribution in [-0.4, -0.2) is 32.4 Å². The number of hydrogen-bond donors (Lipinski definition) is 1. The predicted octanol–water partition coefficient (Wildman–Crippen LogP) is 3.90. The standard InChI is InChI=1S/C19H19ClN2O4/c1-3-10-25-17-9-4-14(11-18(17)24-2)12-21-26-13-19(23)22-16-7-5-15(20)6-8-16/h3-9,11-12H,1,10,13H2,2H3,(H,22,23)/b21-12+. The number of carbonyl (C=O) groups excluding carboxylic acids is 1. The molecule has 26 heavy (non-hydrogen) atoms. The van der Waals surface area contributed by atoms with Gasteiger partial charge in [-0.2, -0.15) is 0 Å². The number of carbonyl (C=O) groups is 1. The molecular weight excluding hydrogens is 356 g/mol. The fourth-order valence-electron chi connectivity index (χ4n) is 1.96. The van der Waals surface area contributed by atoms with Gasteiger partial charge in [-0.3, -0.25) is 4.79 Å². The summed E-state index contributed by atoms with van der Waals surface area (Å²) in [7, 11) is 1.55. The van der Waals surface area contributed by atoms with E-state index in [-0.39, 0.29) is 12.5 Å². The molecule has 0 saturated heterocycles. The number of ether oxygens (including phenoxy) is 2. The van der Waals surface area contributed by atoms with Gasteiger partial charge in [0.25, 0.3) is 5.91 Å². The van der Waals surface area contributed by atoms with Gasteiger partial charge >= 0.3 is 0 Å².